The second kappa shape index (κ2) is 8.41. The third-order valence-electron chi connectivity index (χ3n) is 4.21. The molecule has 2 aromatic carbocycles. The Hall–Kier alpha value is -1.97. The molecule has 0 radical (unpaired) electrons. The van der Waals surface area contributed by atoms with Crippen LogP contribution in [0.2, 0.25) is 5.02 Å². The molecule has 1 heterocycles. The average Bonchev–Trinajstić information content (AvgIpc) is 2.61. The van der Waals surface area contributed by atoms with Crippen molar-refractivity contribution < 1.29 is 22.7 Å². The minimum Gasteiger partial charge on any atom is -0.495 e. The molecule has 0 saturated heterocycles. The van der Waals surface area contributed by atoms with Crippen molar-refractivity contribution >= 4 is 54.8 Å². The van der Waals surface area contributed by atoms with Crippen LogP contribution in [0.3, 0.4) is 0 Å². The van der Waals surface area contributed by atoms with Crippen LogP contribution in [0.4, 0.5) is 11.4 Å². The van der Waals surface area contributed by atoms with Crippen LogP contribution in [-0.4, -0.2) is 27.5 Å². The zero-order valence-corrected chi connectivity index (χ0v) is 19.1. The number of nitrogens with one attached hydrogen (secondary N) is 2. The predicted octanol–water partition coefficient (Wildman–Crippen LogP) is 4.66. The Labute approximate surface area is 182 Å². The topological polar surface area (TPSA) is 93.7 Å². The molecule has 156 valence electrons. The van der Waals surface area contributed by atoms with Crippen LogP contribution in [0.5, 0.6) is 11.5 Å². The van der Waals surface area contributed by atoms with E-state index in [-0.39, 0.29) is 38.9 Å². The molecule has 7 nitrogen and oxygen atoms in total. The summed E-state index contributed by atoms with van der Waals surface area (Å²) in [5, 5.41) is 3.00. The lowest BCUT2D eigenvalue weighted by Gasteiger charge is -2.28. The van der Waals surface area contributed by atoms with Gasteiger partial charge in [-0.2, -0.15) is 0 Å². The van der Waals surface area contributed by atoms with Crippen LogP contribution in [0, 0.1) is 5.92 Å². The third kappa shape index (κ3) is 4.79. The zero-order valence-electron chi connectivity index (χ0n) is 16.0. The first-order valence-electron chi connectivity index (χ1n) is 8.78. The summed E-state index contributed by atoms with van der Waals surface area (Å²) in [4.78, 5) is 12.2. The lowest BCUT2D eigenvalue weighted by atomic mass is 10.0. The summed E-state index contributed by atoms with van der Waals surface area (Å²) in [5.41, 5.74) is 0.556. The van der Waals surface area contributed by atoms with Crippen molar-refractivity contribution in [2.45, 2.75) is 31.3 Å². The van der Waals surface area contributed by atoms with Crippen molar-refractivity contribution in [1.82, 2.24) is 0 Å². The first-order chi connectivity index (χ1) is 13.6. The second-order valence-corrected chi connectivity index (χ2v) is 9.93. The summed E-state index contributed by atoms with van der Waals surface area (Å²) in [7, 11) is -2.57. The average molecular weight is 504 g/mol. The Morgan fingerprint density at radius 2 is 2.03 bits per heavy atom. The van der Waals surface area contributed by atoms with E-state index in [2.05, 4.69) is 26.0 Å². The minimum absolute atomic E-state index is 0.0948. The van der Waals surface area contributed by atoms with Crippen LogP contribution < -0.4 is 19.5 Å². The fourth-order valence-corrected chi connectivity index (χ4v) is 5.01. The molecule has 0 bridgehead atoms. The molecule has 1 aliphatic heterocycles. The Kier molecular flexibility index (Phi) is 6.30. The van der Waals surface area contributed by atoms with E-state index in [1.165, 1.54) is 25.3 Å². The summed E-state index contributed by atoms with van der Waals surface area (Å²) in [5.74, 6) is 0.424. The number of ether oxygens (including phenoxy) is 2. The largest absolute Gasteiger partial charge is 0.495 e. The summed E-state index contributed by atoms with van der Waals surface area (Å²) in [6.45, 7) is 3.92. The fourth-order valence-electron chi connectivity index (χ4n) is 2.91. The maximum Gasteiger partial charge on any atom is 0.265 e. The lowest BCUT2D eigenvalue weighted by molar-refractivity contribution is -0.124. The molecule has 0 aromatic heterocycles. The number of fused-ring (bicyclic) bond motifs is 1. The van der Waals surface area contributed by atoms with Gasteiger partial charge in [0.2, 0.25) is 0 Å². The standard InChI is InChI=1S/C19H20BrClN2O5S/c1-10(2)6-16-19(24)22-14-7-11(20)8-17(18(14)28-16)29(25,26)23-12-4-5-15(27-3)13(21)9-12/h4-5,7-10,16,23H,6H2,1-3H3,(H,22,24). The van der Waals surface area contributed by atoms with Gasteiger partial charge in [0.15, 0.2) is 11.9 Å². The molecule has 1 unspecified atom stereocenters. The molecule has 2 N–H and O–H groups in total. The van der Waals surface area contributed by atoms with Gasteiger partial charge in [-0.3, -0.25) is 9.52 Å². The van der Waals surface area contributed by atoms with Gasteiger partial charge in [-0.15, -0.1) is 0 Å². The molecule has 10 heteroatoms. The van der Waals surface area contributed by atoms with Gasteiger partial charge >= 0.3 is 0 Å². The van der Waals surface area contributed by atoms with Gasteiger partial charge < -0.3 is 14.8 Å². The normalized spacial score (nSPS) is 16.1. The number of rotatable bonds is 6. The number of benzene rings is 2. The number of sulfonamides is 1. The summed E-state index contributed by atoms with van der Waals surface area (Å²) >= 11 is 9.38. The van der Waals surface area contributed by atoms with Gasteiger partial charge in [0.05, 0.1) is 23.5 Å². The SMILES string of the molecule is COc1ccc(NS(=O)(=O)c2cc(Br)cc3c2OC(CC(C)C)C(=O)N3)cc1Cl. The first kappa shape index (κ1) is 21.7. The third-order valence-corrected chi connectivity index (χ3v) is 6.35. The molecule has 0 aliphatic carbocycles. The van der Waals surface area contributed by atoms with E-state index < -0.39 is 16.1 Å². The van der Waals surface area contributed by atoms with Crippen molar-refractivity contribution in [2.75, 3.05) is 17.1 Å². The number of carbonyl (C=O) groups is 1. The van der Waals surface area contributed by atoms with Crippen molar-refractivity contribution in [2.24, 2.45) is 5.92 Å². The van der Waals surface area contributed by atoms with E-state index >= 15 is 0 Å². The minimum atomic E-state index is -4.04. The summed E-state index contributed by atoms with van der Waals surface area (Å²) in [6, 6.07) is 7.58. The highest BCUT2D eigenvalue weighted by atomic mass is 79.9. The highest BCUT2D eigenvalue weighted by Crippen LogP contribution is 2.40. The highest BCUT2D eigenvalue weighted by molar-refractivity contribution is 9.10. The first-order valence-corrected chi connectivity index (χ1v) is 11.4. The molecule has 1 atom stereocenters. The Morgan fingerprint density at radius 1 is 1.31 bits per heavy atom. The predicted molar refractivity (Wildman–Crippen MR) is 115 cm³/mol. The Morgan fingerprint density at radius 3 is 2.66 bits per heavy atom. The lowest BCUT2D eigenvalue weighted by Crippen LogP contribution is -2.38. The quantitative estimate of drug-likeness (QED) is 0.598. The highest BCUT2D eigenvalue weighted by Gasteiger charge is 2.33. The maximum atomic E-state index is 13.1. The molecule has 1 aliphatic rings. The number of amides is 1. The molecular weight excluding hydrogens is 484 g/mol. The molecule has 3 rings (SSSR count). The number of carbonyl (C=O) groups excluding carboxylic acids is 1. The van der Waals surface area contributed by atoms with Crippen LogP contribution in [0.1, 0.15) is 20.3 Å². The number of hydrogen-bond donors (Lipinski definition) is 2. The van der Waals surface area contributed by atoms with Crippen LogP contribution in [-0.2, 0) is 14.8 Å². The van der Waals surface area contributed by atoms with E-state index in [1.54, 1.807) is 12.1 Å². The molecule has 0 saturated carbocycles. The molecule has 29 heavy (non-hydrogen) atoms. The van der Waals surface area contributed by atoms with Crippen LogP contribution >= 0.6 is 27.5 Å². The number of halogens is 2. The van der Waals surface area contributed by atoms with Gasteiger partial charge in [-0.05, 0) is 42.7 Å². The monoisotopic (exact) mass is 502 g/mol. The number of methoxy groups -OCH3 is 1. The summed E-state index contributed by atoms with van der Waals surface area (Å²) < 4.78 is 40.1. The smallest absolute Gasteiger partial charge is 0.265 e. The summed E-state index contributed by atoms with van der Waals surface area (Å²) in [6.07, 6.45) is -0.310. The van der Waals surface area contributed by atoms with Crippen LogP contribution in [0.25, 0.3) is 0 Å². The van der Waals surface area contributed by atoms with Crippen molar-refractivity contribution in [3.8, 4) is 11.5 Å². The molecular formula is C19H20BrClN2O5S. The van der Waals surface area contributed by atoms with Crippen molar-refractivity contribution in [3.05, 3.63) is 39.8 Å². The van der Waals surface area contributed by atoms with E-state index in [0.29, 0.717) is 16.6 Å². The van der Waals surface area contributed by atoms with Crippen LogP contribution in [0.15, 0.2) is 39.7 Å². The van der Waals surface area contributed by atoms with Gasteiger partial charge in [-0.25, -0.2) is 8.42 Å². The molecule has 2 aromatic rings. The van der Waals surface area contributed by atoms with Gasteiger partial charge in [-0.1, -0.05) is 41.4 Å². The van der Waals surface area contributed by atoms with E-state index in [9.17, 15) is 13.2 Å². The van der Waals surface area contributed by atoms with Crippen molar-refractivity contribution in [1.29, 1.82) is 0 Å². The Bertz CT molecular complexity index is 1060. The fraction of sp³-hybridized carbons (Fsp3) is 0.316. The molecule has 0 spiro atoms. The van der Waals surface area contributed by atoms with E-state index in [4.69, 9.17) is 21.1 Å². The van der Waals surface area contributed by atoms with E-state index in [0.717, 1.165) is 0 Å². The van der Waals surface area contributed by atoms with E-state index in [1.807, 2.05) is 13.8 Å². The number of anilines is 2. The van der Waals surface area contributed by atoms with Gasteiger partial charge in [0, 0.05) is 4.47 Å². The second-order valence-electron chi connectivity index (χ2n) is 6.96. The molecule has 0 fully saturated rings. The Balaban J connectivity index is 2.00. The molecule has 1 amide bonds. The van der Waals surface area contributed by atoms with Crippen molar-refractivity contribution in [3.63, 3.8) is 0 Å². The number of hydrogen-bond acceptors (Lipinski definition) is 5. The van der Waals surface area contributed by atoms with Gasteiger partial charge in [0.1, 0.15) is 10.6 Å². The maximum absolute atomic E-state index is 13.1. The zero-order chi connectivity index (χ0) is 21.3. The van der Waals surface area contributed by atoms with Gasteiger partial charge in [0.25, 0.3) is 15.9 Å².